The lowest BCUT2D eigenvalue weighted by Gasteiger charge is -2.01. The van der Waals surface area contributed by atoms with Crippen molar-refractivity contribution >= 4 is 28.7 Å². The van der Waals surface area contributed by atoms with Gasteiger partial charge in [0.1, 0.15) is 0 Å². The van der Waals surface area contributed by atoms with E-state index in [4.69, 9.17) is 11.6 Å². The number of hydrogen-bond donors (Lipinski definition) is 0. The van der Waals surface area contributed by atoms with Crippen molar-refractivity contribution in [2.75, 3.05) is 0 Å². The summed E-state index contributed by atoms with van der Waals surface area (Å²) < 4.78 is 13.7. The number of carbonyl (C=O) groups is 1. The van der Waals surface area contributed by atoms with Crippen LogP contribution in [-0.2, 0) is 6.42 Å². The number of thiophene rings is 1. The van der Waals surface area contributed by atoms with Gasteiger partial charge in [-0.05, 0) is 30.7 Å². The van der Waals surface area contributed by atoms with Gasteiger partial charge in [0, 0.05) is 4.88 Å². The van der Waals surface area contributed by atoms with Crippen LogP contribution in [0.3, 0.4) is 0 Å². The van der Waals surface area contributed by atoms with Gasteiger partial charge in [-0.15, -0.1) is 11.3 Å². The van der Waals surface area contributed by atoms with Crippen LogP contribution in [0.5, 0.6) is 0 Å². The molecular weight excluding hydrogens is 259 g/mol. The molecule has 1 aromatic heterocycles. The van der Waals surface area contributed by atoms with Crippen LogP contribution in [-0.4, -0.2) is 5.78 Å². The van der Waals surface area contributed by atoms with E-state index in [1.54, 1.807) is 12.1 Å². The van der Waals surface area contributed by atoms with Crippen LogP contribution in [0.15, 0.2) is 30.3 Å². The summed E-state index contributed by atoms with van der Waals surface area (Å²) in [4.78, 5) is 13.7. The number of hydrogen-bond acceptors (Lipinski definition) is 2. The fourth-order valence-electron chi connectivity index (χ4n) is 1.50. The van der Waals surface area contributed by atoms with Crippen molar-refractivity contribution in [1.82, 2.24) is 0 Å². The number of benzene rings is 1. The predicted octanol–water partition coefficient (Wildman–Crippen LogP) is 4.33. The number of halogens is 2. The highest BCUT2D eigenvalue weighted by Crippen LogP contribution is 2.24. The van der Waals surface area contributed by atoms with Crippen molar-refractivity contribution in [3.63, 3.8) is 0 Å². The molecule has 0 saturated heterocycles. The van der Waals surface area contributed by atoms with Crippen molar-refractivity contribution in [2.24, 2.45) is 0 Å². The molecule has 1 aromatic carbocycles. The zero-order valence-corrected chi connectivity index (χ0v) is 10.7. The Hall–Kier alpha value is -1.19. The normalized spacial score (nSPS) is 10.5. The fraction of sp³-hybridized carbons (Fsp3) is 0.154. The number of rotatable bonds is 3. The van der Waals surface area contributed by atoms with E-state index in [0.717, 1.165) is 11.3 Å². The van der Waals surface area contributed by atoms with Gasteiger partial charge in [0.25, 0.3) is 0 Å². The van der Waals surface area contributed by atoms with Gasteiger partial charge in [0.05, 0.1) is 15.5 Å². The third-order valence-corrected chi connectivity index (χ3v) is 3.95. The second-order valence-corrected chi connectivity index (χ2v) is 5.13. The van der Waals surface area contributed by atoms with Crippen LogP contribution < -0.4 is 0 Å². The summed E-state index contributed by atoms with van der Waals surface area (Å²) in [6.07, 6.45) is 0.871. The van der Waals surface area contributed by atoms with Crippen LogP contribution in [0.1, 0.15) is 27.0 Å². The third kappa shape index (κ3) is 2.40. The molecule has 2 aromatic rings. The molecule has 0 aliphatic rings. The van der Waals surface area contributed by atoms with Gasteiger partial charge in [-0.3, -0.25) is 4.79 Å². The van der Waals surface area contributed by atoms with Crippen LogP contribution >= 0.6 is 22.9 Å². The van der Waals surface area contributed by atoms with E-state index in [-0.39, 0.29) is 16.4 Å². The minimum absolute atomic E-state index is 0.0249. The SMILES string of the molecule is CCc1ccc(C(=O)c2cccc(Cl)c2F)s1. The van der Waals surface area contributed by atoms with Gasteiger partial charge < -0.3 is 0 Å². The lowest BCUT2D eigenvalue weighted by molar-refractivity contribution is 0.103. The first kappa shape index (κ1) is 12.3. The van der Waals surface area contributed by atoms with Crippen molar-refractivity contribution in [3.05, 3.63) is 56.5 Å². The first-order chi connectivity index (χ1) is 8.13. The third-order valence-electron chi connectivity index (χ3n) is 2.43. The Morgan fingerprint density at radius 3 is 2.76 bits per heavy atom. The lowest BCUT2D eigenvalue weighted by Crippen LogP contribution is -2.02. The maximum absolute atomic E-state index is 13.7. The van der Waals surface area contributed by atoms with Gasteiger partial charge in [0.15, 0.2) is 5.82 Å². The molecule has 0 amide bonds. The van der Waals surface area contributed by atoms with Crippen LogP contribution in [0, 0.1) is 5.82 Å². The van der Waals surface area contributed by atoms with Crippen LogP contribution in [0.2, 0.25) is 5.02 Å². The van der Waals surface area contributed by atoms with E-state index in [1.807, 2.05) is 13.0 Å². The maximum atomic E-state index is 13.7. The molecule has 0 aliphatic heterocycles. The summed E-state index contributed by atoms with van der Waals surface area (Å²) in [5.74, 6) is -0.958. The second kappa shape index (κ2) is 4.98. The maximum Gasteiger partial charge on any atom is 0.205 e. The van der Waals surface area contributed by atoms with Crippen molar-refractivity contribution < 1.29 is 9.18 Å². The quantitative estimate of drug-likeness (QED) is 0.757. The highest BCUT2D eigenvalue weighted by atomic mass is 35.5. The van der Waals surface area contributed by atoms with Gasteiger partial charge in [-0.2, -0.15) is 0 Å². The van der Waals surface area contributed by atoms with Crippen LogP contribution in [0.4, 0.5) is 4.39 Å². The minimum atomic E-state index is -0.648. The molecule has 1 heterocycles. The van der Waals surface area contributed by atoms with Gasteiger partial charge in [-0.25, -0.2) is 4.39 Å². The molecule has 0 N–H and O–H groups in total. The van der Waals surface area contributed by atoms with E-state index < -0.39 is 5.82 Å². The van der Waals surface area contributed by atoms with Crippen LogP contribution in [0.25, 0.3) is 0 Å². The van der Waals surface area contributed by atoms with E-state index in [1.165, 1.54) is 23.5 Å². The molecule has 2 rings (SSSR count). The van der Waals surface area contributed by atoms with E-state index >= 15 is 0 Å². The summed E-state index contributed by atoms with van der Waals surface area (Å²) >= 11 is 7.05. The lowest BCUT2D eigenvalue weighted by atomic mass is 10.1. The molecular formula is C13H10ClFOS. The molecule has 0 aliphatic carbocycles. The van der Waals surface area contributed by atoms with Gasteiger partial charge in [0.2, 0.25) is 5.78 Å². The summed E-state index contributed by atoms with van der Waals surface area (Å²) in [7, 11) is 0. The average Bonchev–Trinajstić information content (AvgIpc) is 2.80. The zero-order valence-electron chi connectivity index (χ0n) is 9.17. The first-order valence-electron chi connectivity index (χ1n) is 5.21. The Labute approximate surface area is 108 Å². The highest BCUT2D eigenvalue weighted by Gasteiger charge is 2.17. The van der Waals surface area contributed by atoms with Gasteiger partial charge >= 0.3 is 0 Å². The molecule has 4 heteroatoms. The standard InChI is InChI=1S/C13H10ClFOS/c1-2-8-6-7-11(17-8)13(16)9-4-3-5-10(14)12(9)15/h3-7H,2H2,1H3. The average molecular weight is 269 g/mol. The molecule has 1 nitrogen and oxygen atoms in total. The molecule has 0 spiro atoms. The predicted molar refractivity (Wildman–Crippen MR) is 68.5 cm³/mol. The van der Waals surface area contributed by atoms with E-state index in [9.17, 15) is 9.18 Å². The monoisotopic (exact) mass is 268 g/mol. The highest BCUT2D eigenvalue weighted by molar-refractivity contribution is 7.14. The summed E-state index contributed by atoms with van der Waals surface area (Å²) in [5.41, 5.74) is 0.0296. The molecule has 0 saturated carbocycles. The zero-order chi connectivity index (χ0) is 12.4. The Morgan fingerprint density at radius 1 is 1.35 bits per heavy atom. The molecule has 0 fully saturated rings. The Balaban J connectivity index is 2.40. The largest absolute Gasteiger partial charge is 0.288 e. The molecule has 0 radical (unpaired) electrons. The number of ketones is 1. The Bertz CT molecular complexity index is 562. The van der Waals surface area contributed by atoms with Gasteiger partial charge in [-0.1, -0.05) is 24.6 Å². The van der Waals surface area contributed by atoms with Crippen molar-refractivity contribution in [2.45, 2.75) is 13.3 Å². The Kier molecular flexibility index (Phi) is 3.60. The van der Waals surface area contributed by atoms with Crippen molar-refractivity contribution in [3.8, 4) is 0 Å². The second-order valence-electron chi connectivity index (χ2n) is 3.55. The molecule has 17 heavy (non-hydrogen) atoms. The smallest absolute Gasteiger partial charge is 0.205 e. The topological polar surface area (TPSA) is 17.1 Å². The fourth-order valence-corrected chi connectivity index (χ4v) is 2.58. The van der Waals surface area contributed by atoms with Crippen molar-refractivity contribution in [1.29, 1.82) is 0 Å². The number of aryl methyl sites for hydroxylation is 1. The summed E-state index contributed by atoms with van der Waals surface area (Å²) in [6.45, 7) is 2.01. The molecule has 88 valence electrons. The van der Waals surface area contributed by atoms with E-state index in [2.05, 4.69) is 0 Å². The summed E-state index contributed by atoms with van der Waals surface area (Å²) in [6, 6.07) is 8.08. The Morgan fingerprint density at radius 2 is 2.12 bits per heavy atom. The van der Waals surface area contributed by atoms with E-state index in [0.29, 0.717) is 4.88 Å². The molecule has 0 unspecified atom stereocenters. The molecule has 0 bridgehead atoms. The molecule has 0 atom stereocenters. The number of carbonyl (C=O) groups excluding carboxylic acids is 1. The minimum Gasteiger partial charge on any atom is -0.288 e. The summed E-state index contributed by atoms with van der Waals surface area (Å²) in [5, 5.41) is -0.0249. The first-order valence-corrected chi connectivity index (χ1v) is 6.40.